The summed E-state index contributed by atoms with van der Waals surface area (Å²) in [7, 11) is 0. The lowest BCUT2D eigenvalue weighted by atomic mass is 10.1. The van der Waals surface area contributed by atoms with E-state index < -0.39 is 12.0 Å². The maximum absolute atomic E-state index is 12.2. The maximum Gasteiger partial charge on any atom is 0.261 e. The second-order valence-corrected chi connectivity index (χ2v) is 6.73. The number of fused-ring (bicyclic) bond motifs is 1. The van der Waals surface area contributed by atoms with Crippen molar-refractivity contribution in [1.82, 2.24) is 5.32 Å². The minimum Gasteiger partial charge on any atom is -0.480 e. The topological polar surface area (TPSA) is 67.4 Å². The molecule has 0 aromatic heterocycles. The zero-order valence-corrected chi connectivity index (χ0v) is 15.1. The van der Waals surface area contributed by atoms with Gasteiger partial charge in [-0.3, -0.25) is 9.59 Å². The molecule has 0 saturated heterocycles. The number of carbonyl (C=O) groups excluding carboxylic acids is 2. The Kier molecular flexibility index (Phi) is 5.37. The fourth-order valence-corrected chi connectivity index (χ4v) is 2.96. The van der Waals surface area contributed by atoms with Crippen molar-refractivity contribution in [2.75, 3.05) is 11.9 Å². The third kappa shape index (κ3) is 4.37. The van der Waals surface area contributed by atoms with Crippen LogP contribution in [0.3, 0.4) is 0 Å². The van der Waals surface area contributed by atoms with Gasteiger partial charge in [-0.05, 0) is 42.0 Å². The van der Waals surface area contributed by atoms with Crippen LogP contribution < -0.4 is 15.4 Å². The minimum absolute atomic E-state index is 0.210. The first-order chi connectivity index (χ1) is 11.9. The van der Waals surface area contributed by atoms with Gasteiger partial charge in [0.1, 0.15) is 5.75 Å². The second-order valence-electron chi connectivity index (χ2n) is 5.45. The molecule has 2 aromatic rings. The molecule has 1 heterocycles. The molecule has 1 aliphatic rings. The number of benzene rings is 2. The van der Waals surface area contributed by atoms with Gasteiger partial charge in [0.15, 0.2) is 6.10 Å². The first kappa shape index (κ1) is 17.9. The van der Waals surface area contributed by atoms with Gasteiger partial charge in [-0.15, -0.1) is 0 Å². The third-order valence-corrected chi connectivity index (χ3v) is 4.41. The van der Waals surface area contributed by atoms with Crippen LogP contribution in [-0.4, -0.2) is 24.5 Å². The zero-order valence-electron chi connectivity index (χ0n) is 12.8. The van der Waals surface area contributed by atoms with Crippen LogP contribution in [0.4, 0.5) is 5.69 Å². The average molecular weight is 400 g/mol. The predicted octanol–water partition coefficient (Wildman–Crippen LogP) is 3.71. The molecular formula is C17H13Cl3N2O3. The van der Waals surface area contributed by atoms with E-state index in [0.29, 0.717) is 32.9 Å². The lowest BCUT2D eigenvalue weighted by molar-refractivity contribution is -0.129. The number of hydrogen-bond acceptors (Lipinski definition) is 3. The molecular weight excluding hydrogens is 387 g/mol. The molecule has 1 aliphatic heterocycles. The number of amides is 2. The molecule has 2 amide bonds. The summed E-state index contributed by atoms with van der Waals surface area (Å²) in [5.74, 6) is -0.171. The zero-order chi connectivity index (χ0) is 18.0. The molecule has 0 bridgehead atoms. The van der Waals surface area contributed by atoms with Crippen molar-refractivity contribution >= 4 is 52.3 Å². The van der Waals surface area contributed by atoms with Crippen LogP contribution in [0.5, 0.6) is 5.75 Å². The van der Waals surface area contributed by atoms with E-state index in [-0.39, 0.29) is 12.5 Å². The number of carbonyl (C=O) groups is 2. The normalized spacial score (nSPS) is 15.2. The number of rotatable bonds is 4. The molecule has 0 unspecified atom stereocenters. The highest BCUT2D eigenvalue weighted by molar-refractivity contribution is 6.35. The Morgan fingerprint density at radius 1 is 1.08 bits per heavy atom. The van der Waals surface area contributed by atoms with Crippen LogP contribution in [-0.2, 0) is 16.0 Å². The molecule has 2 N–H and O–H groups in total. The Morgan fingerprint density at radius 2 is 1.80 bits per heavy atom. The summed E-state index contributed by atoms with van der Waals surface area (Å²) in [6.45, 7) is -0.210. The van der Waals surface area contributed by atoms with Crippen LogP contribution in [0.1, 0.15) is 5.56 Å². The molecule has 1 atom stereocenters. The van der Waals surface area contributed by atoms with Crippen molar-refractivity contribution in [1.29, 1.82) is 0 Å². The van der Waals surface area contributed by atoms with Gasteiger partial charge in [0.2, 0.25) is 5.91 Å². The Hall–Kier alpha value is -1.95. The Bertz CT molecular complexity index is 842. The van der Waals surface area contributed by atoms with E-state index in [2.05, 4.69) is 10.6 Å². The van der Waals surface area contributed by atoms with E-state index in [4.69, 9.17) is 39.5 Å². The lowest BCUT2D eigenvalue weighted by Crippen LogP contribution is -2.41. The highest BCUT2D eigenvalue weighted by Gasteiger charge is 2.29. The van der Waals surface area contributed by atoms with Crippen molar-refractivity contribution in [3.05, 3.63) is 57.0 Å². The van der Waals surface area contributed by atoms with E-state index in [9.17, 15) is 9.59 Å². The maximum atomic E-state index is 12.2. The molecule has 0 fully saturated rings. The third-order valence-electron chi connectivity index (χ3n) is 3.62. The quantitative estimate of drug-likeness (QED) is 0.823. The van der Waals surface area contributed by atoms with Gasteiger partial charge in [0, 0.05) is 16.5 Å². The standard InChI is InChI=1S/C17H13Cl3N2O3/c18-10-2-4-14-9(5-10)6-15(25-14)17(24)21-8-16(23)22-13-7-11(19)1-3-12(13)20/h1-5,7,15H,6,8H2,(H,21,24)(H,22,23)/t15-/m1/s1. The molecule has 2 aromatic carbocycles. The second kappa shape index (κ2) is 7.52. The highest BCUT2D eigenvalue weighted by atomic mass is 35.5. The summed E-state index contributed by atoms with van der Waals surface area (Å²) in [6.07, 6.45) is -0.278. The van der Waals surface area contributed by atoms with Gasteiger partial charge in [0.05, 0.1) is 17.3 Å². The van der Waals surface area contributed by atoms with Crippen molar-refractivity contribution in [2.45, 2.75) is 12.5 Å². The number of anilines is 1. The fraction of sp³-hybridized carbons (Fsp3) is 0.176. The Morgan fingerprint density at radius 3 is 2.60 bits per heavy atom. The SMILES string of the molecule is O=C(CNC(=O)[C@H]1Cc2cc(Cl)ccc2O1)Nc1cc(Cl)ccc1Cl. The van der Waals surface area contributed by atoms with Crippen molar-refractivity contribution in [2.24, 2.45) is 0 Å². The van der Waals surface area contributed by atoms with Gasteiger partial charge < -0.3 is 15.4 Å². The van der Waals surface area contributed by atoms with Gasteiger partial charge in [-0.2, -0.15) is 0 Å². The van der Waals surface area contributed by atoms with Crippen LogP contribution in [0.15, 0.2) is 36.4 Å². The minimum atomic E-state index is -0.684. The first-order valence-electron chi connectivity index (χ1n) is 7.40. The first-order valence-corrected chi connectivity index (χ1v) is 8.53. The van der Waals surface area contributed by atoms with E-state index in [0.717, 1.165) is 5.56 Å². The summed E-state index contributed by atoms with van der Waals surface area (Å²) in [5, 5.41) is 6.52. The molecule has 0 aliphatic carbocycles. The average Bonchev–Trinajstić information content (AvgIpc) is 2.99. The summed E-state index contributed by atoms with van der Waals surface area (Å²) < 4.78 is 5.57. The van der Waals surface area contributed by atoms with Gasteiger partial charge >= 0.3 is 0 Å². The monoisotopic (exact) mass is 398 g/mol. The largest absolute Gasteiger partial charge is 0.480 e. The molecule has 25 heavy (non-hydrogen) atoms. The fourth-order valence-electron chi connectivity index (χ4n) is 2.43. The summed E-state index contributed by atoms with van der Waals surface area (Å²) in [4.78, 5) is 24.2. The smallest absolute Gasteiger partial charge is 0.261 e. The molecule has 5 nitrogen and oxygen atoms in total. The lowest BCUT2D eigenvalue weighted by Gasteiger charge is -2.12. The Balaban J connectivity index is 1.53. The summed E-state index contributed by atoms with van der Waals surface area (Å²) in [6, 6.07) is 9.90. The number of ether oxygens (including phenoxy) is 1. The van der Waals surface area contributed by atoms with Gasteiger partial charge in [-0.25, -0.2) is 0 Å². The molecule has 0 spiro atoms. The van der Waals surface area contributed by atoms with Crippen LogP contribution in [0.25, 0.3) is 0 Å². The van der Waals surface area contributed by atoms with E-state index in [1.165, 1.54) is 6.07 Å². The summed E-state index contributed by atoms with van der Waals surface area (Å²) >= 11 is 17.8. The molecule has 3 rings (SSSR count). The molecule has 8 heteroatoms. The van der Waals surface area contributed by atoms with Crippen molar-refractivity contribution in [3.8, 4) is 5.75 Å². The van der Waals surface area contributed by atoms with E-state index in [1.807, 2.05) is 0 Å². The van der Waals surface area contributed by atoms with E-state index >= 15 is 0 Å². The number of hydrogen-bond donors (Lipinski definition) is 2. The highest BCUT2D eigenvalue weighted by Crippen LogP contribution is 2.31. The Labute approximate surface area is 159 Å². The predicted molar refractivity (Wildman–Crippen MR) is 97.7 cm³/mol. The molecule has 0 saturated carbocycles. The van der Waals surface area contributed by atoms with Crippen LogP contribution in [0.2, 0.25) is 15.1 Å². The van der Waals surface area contributed by atoms with Gasteiger partial charge in [0.25, 0.3) is 5.91 Å². The van der Waals surface area contributed by atoms with Crippen molar-refractivity contribution in [3.63, 3.8) is 0 Å². The van der Waals surface area contributed by atoms with Crippen LogP contribution >= 0.6 is 34.8 Å². The van der Waals surface area contributed by atoms with E-state index in [1.54, 1.807) is 30.3 Å². The van der Waals surface area contributed by atoms with Crippen molar-refractivity contribution < 1.29 is 14.3 Å². The molecule has 130 valence electrons. The molecule has 0 radical (unpaired) electrons. The number of nitrogens with one attached hydrogen (secondary N) is 2. The summed E-state index contributed by atoms with van der Waals surface area (Å²) in [5.41, 5.74) is 1.25. The van der Waals surface area contributed by atoms with Crippen LogP contribution in [0, 0.1) is 0 Å². The van der Waals surface area contributed by atoms with Gasteiger partial charge in [-0.1, -0.05) is 34.8 Å². The number of halogens is 3.